The number of Topliss-reactive ketones (excluding diaryl/α,β-unsaturated/α-hetero) is 1. The summed E-state index contributed by atoms with van der Waals surface area (Å²) in [6, 6.07) is 1.47. The Hall–Kier alpha value is -2.83. The van der Waals surface area contributed by atoms with E-state index >= 15 is 0 Å². The second-order valence-corrected chi connectivity index (χ2v) is 8.29. The lowest BCUT2D eigenvalue weighted by molar-refractivity contribution is -0.145. The van der Waals surface area contributed by atoms with Crippen molar-refractivity contribution >= 4 is 22.7 Å². The molecule has 1 aromatic heterocycles. The Balaban J connectivity index is 2.36. The first kappa shape index (κ1) is 22.8. The SMILES string of the molecule is CCCc1cc(=O)oc2c(C(=O)CC)c(OCC(=O)OCC)c3c(c12)OC(C)(C)CC3. The highest BCUT2D eigenvalue weighted by molar-refractivity contribution is 6.11. The Morgan fingerprint density at radius 3 is 2.58 bits per heavy atom. The van der Waals surface area contributed by atoms with Crippen LogP contribution in [0.25, 0.3) is 11.0 Å². The fourth-order valence-corrected chi connectivity index (χ4v) is 3.96. The molecular formula is C24H30O7. The maximum Gasteiger partial charge on any atom is 0.344 e. The molecule has 1 aromatic carbocycles. The van der Waals surface area contributed by atoms with E-state index in [1.807, 2.05) is 20.8 Å². The monoisotopic (exact) mass is 430 g/mol. The third kappa shape index (κ3) is 4.60. The van der Waals surface area contributed by atoms with Gasteiger partial charge in [-0.05, 0) is 45.6 Å². The first-order valence-corrected chi connectivity index (χ1v) is 10.9. The van der Waals surface area contributed by atoms with Gasteiger partial charge in [0.1, 0.15) is 22.7 Å². The summed E-state index contributed by atoms with van der Waals surface area (Å²) in [7, 11) is 0. The Kier molecular flexibility index (Phi) is 6.72. The molecule has 168 valence electrons. The van der Waals surface area contributed by atoms with Crippen LogP contribution in [0.5, 0.6) is 11.5 Å². The van der Waals surface area contributed by atoms with Crippen LogP contribution in [-0.4, -0.2) is 30.6 Å². The molecule has 0 amide bonds. The van der Waals surface area contributed by atoms with E-state index in [0.717, 1.165) is 17.5 Å². The molecule has 1 aliphatic rings. The van der Waals surface area contributed by atoms with Crippen LogP contribution in [-0.2, 0) is 22.4 Å². The topological polar surface area (TPSA) is 92.0 Å². The molecule has 3 rings (SSSR count). The number of fused-ring (bicyclic) bond motifs is 3. The molecule has 0 unspecified atom stereocenters. The lowest BCUT2D eigenvalue weighted by atomic mass is 9.88. The van der Waals surface area contributed by atoms with Crippen molar-refractivity contribution < 1.29 is 28.2 Å². The van der Waals surface area contributed by atoms with E-state index in [1.165, 1.54) is 6.07 Å². The number of hydrogen-bond acceptors (Lipinski definition) is 7. The van der Waals surface area contributed by atoms with Gasteiger partial charge in [0.25, 0.3) is 0 Å². The third-order valence-corrected chi connectivity index (χ3v) is 5.39. The van der Waals surface area contributed by atoms with Crippen molar-refractivity contribution in [1.29, 1.82) is 0 Å². The molecule has 0 radical (unpaired) electrons. The zero-order valence-corrected chi connectivity index (χ0v) is 18.9. The highest BCUT2D eigenvalue weighted by atomic mass is 16.6. The van der Waals surface area contributed by atoms with Crippen molar-refractivity contribution in [3.05, 3.63) is 33.2 Å². The Morgan fingerprint density at radius 2 is 1.94 bits per heavy atom. The van der Waals surface area contributed by atoms with Gasteiger partial charge in [0.15, 0.2) is 18.0 Å². The third-order valence-electron chi connectivity index (χ3n) is 5.39. The molecule has 0 saturated heterocycles. The summed E-state index contributed by atoms with van der Waals surface area (Å²) >= 11 is 0. The van der Waals surface area contributed by atoms with E-state index in [2.05, 4.69) is 0 Å². The van der Waals surface area contributed by atoms with Crippen molar-refractivity contribution in [2.24, 2.45) is 0 Å². The lowest BCUT2D eigenvalue weighted by Crippen LogP contribution is -2.33. The molecule has 0 atom stereocenters. The number of benzene rings is 1. The van der Waals surface area contributed by atoms with Gasteiger partial charge in [-0.1, -0.05) is 20.3 Å². The van der Waals surface area contributed by atoms with E-state index in [-0.39, 0.29) is 42.3 Å². The molecule has 0 spiro atoms. The molecule has 0 fully saturated rings. The standard InChI is InChI=1S/C24H30O7/c1-6-9-14-12-17(26)30-23-19(14)22-15(10-11-24(4,5)31-22)21(20(23)16(25)7-2)29-13-18(27)28-8-3/h12H,6-11,13H2,1-5H3. The molecule has 0 bridgehead atoms. The van der Waals surface area contributed by atoms with Crippen molar-refractivity contribution in [1.82, 2.24) is 0 Å². The van der Waals surface area contributed by atoms with Gasteiger partial charge in [-0.15, -0.1) is 0 Å². The smallest absolute Gasteiger partial charge is 0.344 e. The van der Waals surface area contributed by atoms with Crippen LogP contribution in [0.3, 0.4) is 0 Å². The second-order valence-electron chi connectivity index (χ2n) is 8.29. The maximum atomic E-state index is 13.0. The molecule has 0 aliphatic carbocycles. The van der Waals surface area contributed by atoms with Gasteiger partial charge < -0.3 is 18.6 Å². The lowest BCUT2D eigenvalue weighted by Gasteiger charge is -2.35. The maximum absolute atomic E-state index is 13.0. The van der Waals surface area contributed by atoms with E-state index < -0.39 is 17.2 Å². The van der Waals surface area contributed by atoms with Crippen molar-refractivity contribution in [3.8, 4) is 11.5 Å². The molecule has 0 N–H and O–H groups in total. The average Bonchev–Trinajstić information content (AvgIpc) is 2.70. The van der Waals surface area contributed by atoms with E-state index in [0.29, 0.717) is 30.4 Å². The summed E-state index contributed by atoms with van der Waals surface area (Å²) < 4.78 is 22.8. The fraction of sp³-hybridized carbons (Fsp3) is 0.542. The molecule has 1 aliphatic heterocycles. The highest BCUT2D eigenvalue weighted by Gasteiger charge is 2.35. The van der Waals surface area contributed by atoms with Crippen LogP contribution < -0.4 is 15.1 Å². The first-order chi connectivity index (χ1) is 14.7. The van der Waals surface area contributed by atoms with Crippen LogP contribution in [0.1, 0.15) is 75.4 Å². The van der Waals surface area contributed by atoms with Crippen molar-refractivity contribution in [3.63, 3.8) is 0 Å². The molecule has 7 heteroatoms. The summed E-state index contributed by atoms with van der Waals surface area (Å²) in [6.45, 7) is 9.32. The largest absolute Gasteiger partial charge is 0.487 e. The molecule has 2 heterocycles. The van der Waals surface area contributed by atoms with Gasteiger partial charge in [0, 0.05) is 18.1 Å². The average molecular weight is 430 g/mol. The predicted molar refractivity (Wildman–Crippen MR) is 116 cm³/mol. The number of carbonyl (C=O) groups excluding carboxylic acids is 2. The van der Waals surface area contributed by atoms with Gasteiger partial charge in [0.05, 0.1) is 12.0 Å². The minimum atomic E-state index is -0.538. The summed E-state index contributed by atoms with van der Waals surface area (Å²) in [4.78, 5) is 37.3. The minimum absolute atomic E-state index is 0.165. The fourth-order valence-electron chi connectivity index (χ4n) is 3.96. The number of ether oxygens (including phenoxy) is 3. The van der Waals surface area contributed by atoms with Gasteiger partial charge in [-0.2, -0.15) is 0 Å². The molecule has 7 nitrogen and oxygen atoms in total. The summed E-state index contributed by atoms with van der Waals surface area (Å²) in [5.74, 6) is 0.0393. The van der Waals surface area contributed by atoms with Crippen molar-refractivity contribution in [2.75, 3.05) is 13.2 Å². The number of carbonyl (C=O) groups is 2. The Morgan fingerprint density at radius 1 is 1.19 bits per heavy atom. The highest BCUT2D eigenvalue weighted by Crippen LogP contribution is 2.47. The number of hydrogen-bond donors (Lipinski definition) is 0. The van der Waals surface area contributed by atoms with E-state index in [9.17, 15) is 14.4 Å². The summed E-state index contributed by atoms with van der Waals surface area (Å²) in [6.07, 6.45) is 2.96. The Labute approximate surface area is 181 Å². The zero-order valence-electron chi connectivity index (χ0n) is 18.9. The molecule has 31 heavy (non-hydrogen) atoms. The van der Waals surface area contributed by atoms with Crippen LogP contribution in [0.4, 0.5) is 0 Å². The summed E-state index contributed by atoms with van der Waals surface area (Å²) in [5.41, 5.74) is 0.891. The minimum Gasteiger partial charge on any atom is -0.487 e. The van der Waals surface area contributed by atoms with Gasteiger partial charge in [-0.3, -0.25) is 4.79 Å². The van der Waals surface area contributed by atoms with Gasteiger partial charge in [-0.25, -0.2) is 9.59 Å². The van der Waals surface area contributed by atoms with E-state index in [4.69, 9.17) is 18.6 Å². The normalized spacial score (nSPS) is 14.6. The second kappa shape index (κ2) is 9.12. The quantitative estimate of drug-likeness (QED) is 0.348. The number of ketones is 1. The zero-order chi connectivity index (χ0) is 22.8. The van der Waals surface area contributed by atoms with Crippen LogP contribution in [0.15, 0.2) is 15.3 Å². The number of rotatable bonds is 8. The van der Waals surface area contributed by atoms with Gasteiger partial charge >= 0.3 is 11.6 Å². The van der Waals surface area contributed by atoms with Gasteiger partial charge in [0.2, 0.25) is 0 Å². The summed E-state index contributed by atoms with van der Waals surface area (Å²) in [5, 5.41) is 0.643. The van der Waals surface area contributed by atoms with Crippen LogP contribution in [0.2, 0.25) is 0 Å². The van der Waals surface area contributed by atoms with E-state index in [1.54, 1.807) is 13.8 Å². The predicted octanol–water partition coefficient (Wildman–Crippen LogP) is 4.38. The number of esters is 1. The first-order valence-electron chi connectivity index (χ1n) is 10.9. The molecular weight excluding hydrogens is 400 g/mol. The molecule has 0 saturated carbocycles. The number of aryl methyl sites for hydroxylation is 1. The Bertz CT molecular complexity index is 1060. The van der Waals surface area contributed by atoms with Crippen molar-refractivity contribution in [2.45, 2.75) is 72.3 Å². The van der Waals surface area contributed by atoms with Crippen LogP contribution >= 0.6 is 0 Å². The molecule has 2 aromatic rings. The van der Waals surface area contributed by atoms with Crippen LogP contribution in [0, 0.1) is 0 Å².